The molecule has 3 N–H and O–H groups in total. The number of hydrogen-bond acceptors (Lipinski definition) is 5. The van der Waals surface area contributed by atoms with Gasteiger partial charge in [-0.15, -0.1) is 0 Å². The van der Waals surface area contributed by atoms with Gasteiger partial charge in [0, 0.05) is 0 Å². The summed E-state index contributed by atoms with van der Waals surface area (Å²) in [6, 6.07) is 0. The van der Waals surface area contributed by atoms with E-state index in [-0.39, 0.29) is 12.4 Å². The maximum Gasteiger partial charge on any atom is 0.319 e. The summed E-state index contributed by atoms with van der Waals surface area (Å²) in [5, 5.41) is 11.0. The van der Waals surface area contributed by atoms with Crippen LogP contribution < -0.4 is 5.73 Å². The topological polar surface area (TPSA) is 94.1 Å². The van der Waals surface area contributed by atoms with Gasteiger partial charge in [-0.05, 0) is 12.3 Å². The number of rotatable bonds is 12. The van der Waals surface area contributed by atoms with E-state index in [9.17, 15) is 4.57 Å². The zero-order valence-corrected chi connectivity index (χ0v) is 12.9. The molecule has 6 nitrogen and oxygen atoms in total. The fourth-order valence-electron chi connectivity index (χ4n) is 1.54. The van der Waals surface area contributed by atoms with Gasteiger partial charge in [0.25, 0.3) is 0 Å². The molecule has 0 amide bonds. The molecule has 0 aliphatic carbocycles. The average molecular weight is 294 g/mol. The third-order valence-electron chi connectivity index (χ3n) is 2.61. The van der Waals surface area contributed by atoms with E-state index in [0.29, 0.717) is 6.61 Å². The van der Waals surface area contributed by atoms with Crippen LogP contribution in [0.5, 0.6) is 0 Å². The summed E-state index contributed by atoms with van der Waals surface area (Å²) >= 11 is 0. The summed E-state index contributed by atoms with van der Waals surface area (Å²) in [6.07, 6.45) is 6.94. The number of nitrogens with zero attached hydrogens (tertiary/aromatic N) is 1. The second-order valence-electron chi connectivity index (χ2n) is 4.93. The Bertz CT molecular complexity index is 272. The molecule has 0 fully saturated rings. The van der Waals surface area contributed by atoms with E-state index in [1.807, 2.05) is 0 Å². The summed E-state index contributed by atoms with van der Waals surface area (Å²) in [5.74, 6) is 0.660. The number of amidine groups is 1. The van der Waals surface area contributed by atoms with Crippen molar-refractivity contribution >= 4 is 14.1 Å². The summed E-state index contributed by atoms with van der Waals surface area (Å²) in [4.78, 5) is 0. The first-order chi connectivity index (χ1) is 9.06. The van der Waals surface area contributed by atoms with Crippen LogP contribution in [0.25, 0.3) is 0 Å². The maximum absolute atomic E-state index is 11.2. The third-order valence-corrected chi connectivity index (χ3v) is 3.43. The van der Waals surface area contributed by atoms with Crippen molar-refractivity contribution in [2.45, 2.75) is 52.4 Å². The minimum Gasteiger partial charge on any atom is -0.409 e. The predicted molar refractivity (Wildman–Crippen MR) is 76.9 cm³/mol. The molecule has 0 aromatic rings. The standard InChI is InChI=1S/C12H27N2O4P/c1-11(2)8-6-4-3-5-7-9-17-19(16)18-10-12(13)14-15/h11,15,19H,3-10H2,1-2H3,(H2,13,14). The van der Waals surface area contributed by atoms with E-state index >= 15 is 0 Å². The fourth-order valence-corrected chi connectivity index (χ4v) is 2.20. The molecule has 7 heteroatoms. The molecule has 114 valence electrons. The molecule has 0 bridgehead atoms. The van der Waals surface area contributed by atoms with Crippen LogP contribution in [-0.4, -0.2) is 24.3 Å². The molecule has 0 aromatic carbocycles. The van der Waals surface area contributed by atoms with E-state index < -0.39 is 8.25 Å². The molecule has 0 radical (unpaired) electrons. The summed E-state index contributed by atoms with van der Waals surface area (Å²) in [6.45, 7) is 4.72. The van der Waals surface area contributed by atoms with Crippen LogP contribution in [0, 0.1) is 5.92 Å². The maximum atomic E-state index is 11.2. The van der Waals surface area contributed by atoms with Gasteiger partial charge in [-0.3, -0.25) is 4.57 Å². The molecule has 0 aliphatic heterocycles. The monoisotopic (exact) mass is 294 g/mol. The lowest BCUT2D eigenvalue weighted by Gasteiger charge is -2.06. The van der Waals surface area contributed by atoms with Gasteiger partial charge in [0.1, 0.15) is 6.61 Å². The van der Waals surface area contributed by atoms with Crippen LogP contribution in [0.1, 0.15) is 52.4 Å². The molecule has 0 aromatic heterocycles. The van der Waals surface area contributed by atoms with E-state index in [0.717, 1.165) is 18.8 Å². The van der Waals surface area contributed by atoms with Crippen molar-refractivity contribution in [1.29, 1.82) is 0 Å². The number of oxime groups is 1. The van der Waals surface area contributed by atoms with Crippen molar-refractivity contribution < 1.29 is 18.8 Å². The van der Waals surface area contributed by atoms with Gasteiger partial charge >= 0.3 is 8.25 Å². The van der Waals surface area contributed by atoms with Crippen molar-refractivity contribution in [2.75, 3.05) is 13.2 Å². The van der Waals surface area contributed by atoms with Crippen LogP contribution in [-0.2, 0) is 13.6 Å². The second kappa shape index (κ2) is 12.5. The molecule has 0 rings (SSSR count). The molecular weight excluding hydrogens is 267 g/mol. The average Bonchev–Trinajstić information content (AvgIpc) is 2.38. The van der Waals surface area contributed by atoms with Crippen molar-refractivity contribution in [3.63, 3.8) is 0 Å². The van der Waals surface area contributed by atoms with Gasteiger partial charge in [-0.1, -0.05) is 51.1 Å². The SMILES string of the molecule is CC(C)CCCCCCCO[PH](=O)OCC(N)=NO. The smallest absolute Gasteiger partial charge is 0.319 e. The number of nitrogens with two attached hydrogens (primary N) is 1. The Kier molecular flexibility index (Phi) is 12.1. The molecular formula is C12H27N2O4P. The van der Waals surface area contributed by atoms with E-state index in [2.05, 4.69) is 19.0 Å². The molecule has 0 aliphatic rings. The van der Waals surface area contributed by atoms with Gasteiger partial charge in [-0.2, -0.15) is 0 Å². The lowest BCUT2D eigenvalue weighted by Crippen LogP contribution is -2.17. The highest BCUT2D eigenvalue weighted by atomic mass is 31.1. The van der Waals surface area contributed by atoms with Gasteiger partial charge in [0.05, 0.1) is 6.61 Å². The van der Waals surface area contributed by atoms with Gasteiger partial charge in [-0.25, -0.2) is 0 Å². The minimum absolute atomic E-state index is 0.118. The Morgan fingerprint density at radius 1 is 1.21 bits per heavy atom. The van der Waals surface area contributed by atoms with Crippen LogP contribution in [0.4, 0.5) is 0 Å². The molecule has 0 saturated carbocycles. The Balaban J connectivity index is 3.28. The lowest BCUT2D eigenvalue weighted by atomic mass is 10.0. The Morgan fingerprint density at radius 2 is 1.84 bits per heavy atom. The van der Waals surface area contributed by atoms with Crippen LogP contribution >= 0.6 is 8.25 Å². The first-order valence-corrected chi connectivity index (χ1v) is 8.04. The molecule has 0 spiro atoms. The Hall–Kier alpha value is -0.580. The van der Waals surface area contributed by atoms with E-state index in [4.69, 9.17) is 20.0 Å². The fraction of sp³-hybridized carbons (Fsp3) is 0.917. The number of hydrogen-bond donors (Lipinski definition) is 2. The zero-order chi connectivity index (χ0) is 14.5. The van der Waals surface area contributed by atoms with E-state index in [1.165, 1.54) is 25.7 Å². The van der Waals surface area contributed by atoms with Crippen molar-refractivity contribution in [3.8, 4) is 0 Å². The highest BCUT2D eigenvalue weighted by molar-refractivity contribution is 7.33. The van der Waals surface area contributed by atoms with Gasteiger partial charge in [0.15, 0.2) is 5.84 Å². The summed E-state index contributed by atoms with van der Waals surface area (Å²) < 4.78 is 21.0. The highest BCUT2D eigenvalue weighted by Gasteiger charge is 2.02. The molecule has 1 atom stereocenters. The van der Waals surface area contributed by atoms with Gasteiger partial charge < -0.3 is 20.0 Å². The van der Waals surface area contributed by atoms with Crippen LogP contribution in [0.3, 0.4) is 0 Å². The Morgan fingerprint density at radius 3 is 2.47 bits per heavy atom. The normalized spacial score (nSPS) is 13.9. The first-order valence-electron chi connectivity index (χ1n) is 6.82. The van der Waals surface area contributed by atoms with E-state index in [1.54, 1.807) is 0 Å². The van der Waals surface area contributed by atoms with Crippen molar-refractivity contribution in [3.05, 3.63) is 0 Å². The lowest BCUT2D eigenvalue weighted by molar-refractivity contribution is 0.237. The first kappa shape index (κ1) is 18.4. The molecule has 0 saturated heterocycles. The van der Waals surface area contributed by atoms with Crippen LogP contribution in [0.15, 0.2) is 5.16 Å². The van der Waals surface area contributed by atoms with Gasteiger partial charge in [0.2, 0.25) is 0 Å². The Labute approximate surface area is 116 Å². The second-order valence-corrected chi connectivity index (χ2v) is 6.01. The molecule has 1 unspecified atom stereocenters. The van der Waals surface area contributed by atoms with Crippen molar-refractivity contribution in [2.24, 2.45) is 16.8 Å². The highest BCUT2D eigenvalue weighted by Crippen LogP contribution is 2.23. The summed E-state index contributed by atoms with van der Waals surface area (Å²) in [5.41, 5.74) is 5.16. The quantitative estimate of drug-likeness (QED) is 0.144. The minimum atomic E-state index is -2.52. The zero-order valence-electron chi connectivity index (χ0n) is 11.9. The molecule has 19 heavy (non-hydrogen) atoms. The third kappa shape index (κ3) is 13.6. The predicted octanol–water partition coefficient (Wildman–Crippen LogP) is 3.15. The molecule has 0 heterocycles. The largest absolute Gasteiger partial charge is 0.409 e. The number of unbranched alkanes of at least 4 members (excludes halogenated alkanes) is 4. The van der Waals surface area contributed by atoms with Crippen molar-refractivity contribution in [1.82, 2.24) is 0 Å². The van der Waals surface area contributed by atoms with Crippen LogP contribution in [0.2, 0.25) is 0 Å². The summed E-state index contributed by atoms with van der Waals surface area (Å²) in [7, 11) is -2.52.